The minimum Gasteiger partial charge on any atom is -0.481 e. The van der Waals surface area contributed by atoms with Crippen LogP contribution in [0.3, 0.4) is 0 Å². The topological polar surface area (TPSA) is 76.2 Å². The van der Waals surface area contributed by atoms with Crippen LogP contribution < -0.4 is 5.73 Å². The van der Waals surface area contributed by atoms with E-state index in [2.05, 4.69) is 4.98 Å². The molecule has 0 atom stereocenters. The second-order valence-electron chi connectivity index (χ2n) is 2.29. The van der Waals surface area contributed by atoms with Gasteiger partial charge in [0.25, 0.3) is 0 Å². The number of aliphatic carboxylic acids is 1. The van der Waals surface area contributed by atoms with Gasteiger partial charge in [-0.2, -0.15) is 4.39 Å². The summed E-state index contributed by atoms with van der Waals surface area (Å²) in [4.78, 5) is 13.5. The number of carboxylic acids is 1. The maximum atomic E-state index is 12.5. The molecule has 3 N–H and O–H groups in total. The quantitative estimate of drug-likeness (QED) is 0.631. The van der Waals surface area contributed by atoms with E-state index in [4.69, 9.17) is 10.8 Å². The van der Waals surface area contributed by atoms with E-state index >= 15 is 0 Å². The third-order valence-electron chi connectivity index (χ3n) is 1.20. The van der Waals surface area contributed by atoms with Gasteiger partial charge in [-0.1, -0.05) is 0 Å². The lowest BCUT2D eigenvalue weighted by molar-refractivity contribution is -0.136. The molecule has 1 aromatic rings. The summed E-state index contributed by atoms with van der Waals surface area (Å²) in [6.07, 6.45) is -0.318. The predicted octanol–water partition coefficient (Wildman–Crippen LogP) is 0.430. The van der Waals surface area contributed by atoms with Gasteiger partial charge in [-0.05, 0) is 6.07 Å². The van der Waals surface area contributed by atoms with E-state index in [0.717, 1.165) is 6.07 Å². The summed E-state index contributed by atoms with van der Waals surface area (Å²) in [6, 6.07) is 2.36. The van der Waals surface area contributed by atoms with Crippen molar-refractivity contribution in [1.82, 2.24) is 4.98 Å². The molecule has 0 aromatic carbocycles. The van der Waals surface area contributed by atoms with Gasteiger partial charge in [-0.15, -0.1) is 0 Å². The third kappa shape index (κ3) is 2.19. The molecule has 0 bridgehead atoms. The Hall–Kier alpha value is -1.65. The van der Waals surface area contributed by atoms with Gasteiger partial charge in [-0.25, -0.2) is 4.98 Å². The first-order chi connectivity index (χ1) is 5.58. The van der Waals surface area contributed by atoms with Gasteiger partial charge in [-0.3, -0.25) is 4.79 Å². The highest BCUT2D eigenvalue weighted by Gasteiger charge is 2.04. The number of anilines is 1. The Morgan fingerprint density at radius 3 is 2.83 bits per heavy atom. The fourth-order valence-corrected chi connectivity index (χ4v) is 0.819. The van der Waals surface area contributed by atoms with Crippen LogP contribution in [0, 0.1) is 5.95 Å². The number of nitrogens with zero attached hydrogens (tertiary/aromatic N) is 1. The molecule has 0 aliphatic carbocycles. The van der Waals surface area contributed by atoms with Gasteiger partial charge in [0, 0.05) is 11.8 Å². The molecule has 0 unspecified atom stereocenters. The Labute approximate surface area is 67.8 Å². The molecule has 0 radical (unpaired) electrons. The Balaban J connectivity index is 2.93. The van der Waals surface area contributed by atoms with E-state index in [-0.39, 0.29) is 17.8 Å². The average Bonchev–Trinajstić information content (AvgIpc) is 1.81. The number of nitrogen functional groups attached to an aromatic ring is 1. The van der Waals surface area contributed by atoms with Crippen LogP contribution in [0.1, 0.15) is 5.69 Å². The van der Waals surface area contributed by atoms with Crippen LogP contribution >= 0.6 is 0 Å². The summed E-state index contributed by atoms with van der Waals surface area (Å²) in [6.45, 7) is 0. The number of pyridine rings is 1. The van der Waals surface area contributed by atoms with Crippen LogP contribution in [-0.4, -0.2) is 16.1 Å². The van der Waals surface area contributed by atoms with Crippen molar-refractivity contribution in [3.8, 4) is 0 Å². The van der Waals surface area contributed by atoms with Crippen molar-refractivity contribution in [3.05, 3.63) is 23.8 Å². The molecular formula is C7H7FN2O2. The number of hydrogen-bond donors (Lipinski definition) is 2. The smallest absolute Gasteiger partial charge is 0.309 e. The zero-order valence-electron chi connectivity index (χ0n) is 6.12. The molecule has 0 amide bonds. The number of carboxylic acid groups (broad SMARTS) is 1. The lowest BCUT2D eigenvalue weighted by Crippen LogP contribution is -2.04. The molecule has 12 heavy (non-hydrogen) atoms. The second-order valence-corrected chi connectivity index (χ2v) is 2.29. The van der Waals surface area contributed by atoms with Gasteiger partial charge in [0.1, 0.15) is 0 Å². The summed E-state index contributed by atoms with van der Waals surface area (Å²) < 4.78 is 12.5. The number of nitrogens with two attached hydrogens (primary N) is 1. The van der Waals surface area contributed by atoms with Gasteiger partial charge < -0.3 is 10.8 Å². The maximum Gasteiger partial charge on any atom is 0.309 e. The molecule has 1 rings (SSSR count). The number of aromatic nitrogens is 1. The van der Waals surface area contributed by atoms with E-state index in [1.165, 1.54) is 6.07 Å². The number of halogens is 1. The van der Waals surface area contributed by atoms with Gasteiger partial charge in [0.15, 0.2) is 0 Å². The standard InChI is InChI=1S/C7H7FN2O2/c8-6-2-4(9)1-5(10-6)3-7(11)12/h1-2H,3H2,(H2,9,10)(H,11,12). The second kappa shape index (κ2) is 3.17. The molecule has 0 saturated heterocycles. The number of carbonyl (C=O) groups is 1. The highest BCUT2D eigenvalue weighted by molar-refractivity contribution is 5.69. The van der Waals surface area contributed by atoms with E-state index in [9.17, 15) is 9.18 Å². The van der Waals surface area contributed by atoms with E-state index in [1.807, 2.05) is 0 Å². The largest absolute Gasteiger partial charge is 0.481 e. The van der Waals surface area contributed by atoms with Crippen molar-refractivity contribution in [1.29, 1.82) is 0 Å². The normalized spacial score (nSPS) is 9.75. The van der Waals surface area contributed by atoms with Crippen LogP contribution in [0.4, 0.5) is 10.1 Å². The summed E-state index contributed by atoms with van der Waals surface area (Å²) >= 11 is 0. The van der Waals surface area contributed by atoms with Gasteiger partial charge in [0.2, 0.25) is 5.95 Å². The lowest BCUT2D eigenvalue weighted by Gasteiger charge is -1.97. The molecule has 0 aliphatic rings. The van der Waals surface area contributed by atoms with E-state index < -0.39 is 11.9 Å². The Morgan fingerprint density at radius 2 is 2.33 bits per heavy atom. The first-order valence-electron chi connectivity index (χ1n) is 3.21. The molecule has 0 spiro atoms. The van der Waals surface area contributed by atoms with Crippen molar-refractivity contribution in [2.24, 2.45) is 0 Å². The molecule has 64 valence electrons. The molecular weight excluding hydrogens is 163 g/mol. The predicted molar refractivity (Wildman–Crippen MR) is 39.9 cm³/mol. The molecule has 0 aliphatic heterocycles. The summed E-state index contributed by atoms with van der Waals surface area (Å²) in [5.41, 5.74) is 5.57. The third-order valence-corrected chi connectivity index (χ3v) is 1.20. The monoisotopic (exact) mass is 170 g/mol. The fourth-order valence-electron chi connectivity index (χ4n) is 0.819. The van der Waals surface area contributed by atoms with Crippen molar-refractivity contribution in [2.45, 2.75) is 6.42 Å². The molecule has 1 heterocycles. The summed E-state index contributed by atoms with van der Waals surface area (Å²) in [5.74, 6) is -1.82. The minimum atomic E-state index is -1.06. The number of rotatable bonds is 2. The molecule has 0 saturated carbocycles. The number of hydrogen-bond acceptors (Lipinski definition) is 3. The summed E-state index contributed by atoms with van der Waals surface area (Å²) in [7, 11) is 0. The Morgan fingerprint density at radius 1 is 1.67 bits per heavy atom. The zero-order valence-corrected chi connectivity index (χ0v) is 6.12. The van der Waals surface area contributed by atoms with E-state index in [0.29, 0.717) is 0 Å². The van der Waals surface area contributed by atoms with Crippen LogP contribution in [0.25, 0.3) is 0 Å². The van der Waals surface area contributed by atoms with Crippen LogP contribution in [0.2, 0.25) is 0 Å². The zero-order chi connectivity index (χ0) is 9.14. The van der Waals surface area contributed by atoms with Crippen LogP contribution in [0.15, 0.2) is 12.1 Å². The molecule has 5 heteroatoms. The van der Waals surface area contributed by atoms with Gasteiger partial charge >= 0.3 is 5.97 Å². The van der Waals surface area contributed by atoms with Gasteiger partial charge in [0.05, 0.1) is 12.1 Å². The lowest BCUT2D eigenvalue weighted by atomic mass is 10.2. The van der Waals surface area contributed by atoms with Crippen molar-refractivity contribution >= 4 is 11.7 Å². The molecule has 4 nitrogen and oxygen atoms in total. The Kier molecular flexibility index (Phi) is 2.23. The first kappa shape index (κ1) is 8.45. The van der Waals surface area contributed by atoms with E-state index in [1.54, 1.807) is 0 Å². The maximum absolute atomic E-state index is 12.5. The Bertz CT molecular complexity index is 294. The van der Waals surface area contributed by atoms with Crippen molar-refractivity contribution in [3.63, 3.8) is 0 Å². The van der Waals surface area contributed by atoms with Crippen molar-refractivity contribution in [2.75, 3.05) is 5.73 Å². The first-order valence-corrected chi connectivity index (χ1v) is 3.21. The molecule has 1 aromatic heterocycles. The van der Waals surface area contributed by atoms with Crippen molar-refractivity contribution < 1.29 is 14.3 Å². The SMILES string of the molecule is Nc1cc(F)nc(CC(=O)O)c1. The highest BCUT2D eigenvalue weighted by atomic mass is 19.1. The molecule has 0 fully saturated rings. The highest BCUT2D eigenvalue weighted by Crippen LogP contribution is 2.06. The van der Waals surface area contributed by atoms with Crippen LogP contribution in [0.5, 0.6) is 0 Å². The fraction of sp³-hybridized carbons (Fsp3) is 0.143. The minimum absolute atomic E-state index is 0.125. The average molecular weight is 170 g/mol. The summed E-state index contributed by atoms with van der Waals surface area (Å²) in [5, 5.41) is 8.35. The van der Waals surface area contributed by atoms with Crippen LogP contribution in [-0.2, 0) is 11.2 Å².